The molecule has 0 aliphatic heterocycles. The smallest absolute Gasteiger partial charge is 0.121 e. The molecule has 0 aromatic heterocycles. The van der Waals surface area contributed by atoms with Crippen molar-refractivity contribution >= 4 is 11.5 Å². The van der Waals surface area contributed by atoms with Crippen molar-refractivity contribution in [1.82, 2.24) is 4.90 Å². The van der Waals surface area contributed by atoms with Crippen LogP contribution >= 0.6 is 0 Å². The van der Waals surface area contributed by atoms with Crippen LogP contribution in [0.15, 0.2) is 29.3 Å². The normalized spacial score (nSPS) is 11.8. The van der Waals surface area contributed by atoms with Crippen molar-refractivity contribution in [3.05, 3.63) is 24.3 Å². The zero-order valence-corrected chi connectivity index (χ0v) is 10.7. The van der Waals surface area contributed by atoms with Crippen molar-refractivity contribution in [2.75, 3.05) is 21.2 Å². The third-order valence-corrected chi connectivity index (χ3v) is 2.27. The number of amidine groups is 1. The fourth-order valence-corrected chi connectivity index (χ4v) is 1.56. The summed E-state index contributed by atoms with van der Waals surface area (Å²) < 4.78 is 5.17. The lowest BCUT2D eigenvalue weighted by Gasteiger charge is -2.19. The van der Waals surface area contributed by atoms with Crippen molar-refractivity contribution in [2.24, 2.45) is 10.9 Å². The molecule has 0 radical (unpaired) electrons. The van der Waals surface area contributed by atoms with Gasteiger partial charge in [0, 0.05) is 26.1 Å². The lowest BCUT2D eigenvalue weighted by Crippen LogP contribution is -2.26. The maximum atomic E-state index is 5.17. The number of hydrogen-bond donors (Lipinski definition) is 0. The van der Waals surface area contributed by atoms with E-state index in [1.54, 1.807) is 7.11 Å². The quantitative estimate of drug-likeness (QED) is 0.578. The van der Waals surface area contributed by atoms with Crippen LogP contribution in [0.25, 0.3) is 0 Å². The summed E-state index contributed by atoms with van der Waals surface area (Å²) in [6, 6.07) is 7.79. The Balaban J connectivity index is 3.03. The first kappa shape index (κ1) is 12.6. The Kier molecular flexibility index (Phi) is 4.35. The van der Waals surface area contributed by atoms with Crippen molar-refractivity contribution in [2.45, 2.75) is 13.8 Å². The van der Waals surface area contributed by atoms with E-state index in [1.807, 2.05) is 43.3 Å². The van der Waals surface area contributed by atoms with Crippen LogP contribution < -0.4 is 4.74 Å². The summed E-state index contributed by atoms with van der Waals surface area (Å²) in [5, 5.41) is 0. The van der Waals surface area contributed by atoms with Gasteiger partial charge in [-0.15, -0.1) is 0 Å². The minimum absolute atomic E-state index is 0.404. The van der Waals surface area contributed by atoms with Crippen molar-refractivity contribution < 1.29 is 4.74 Å². The van der Waals surface area contributed by atoms with Crippen molar-refractivity contribution in [3.8, 4) is 5.75 Å². The van der Waals surface area contributed by atoms with E-state index in [2.05, 4.69) is 18.8 Å². The van der Waals surface area contributed by atoms with Gasteiger partial charge in [0.1, 0.15) is 11.6 Å². The maximum absolute atomic E-state index is 5.17. The van der Waals surface area contributed by atoms with Gasteiger partial charge in [0.2, 0.25) is 0 Å². The molecule has 0 unspecified atom stereocenters. The van der Waals surface area contributed by atoms with Crippen molar-refractivity contribution in [1.29, 1.82) is 0 Å². The van der Waals surface area contributed by atoms with E-state index in [-0.39, 0.29) is 0 Å². The Morgan fingerprint density at radius 3 is 2.50 bits per heavy atom. The SMILES string of the molecule is COc1cccc(N=C(C(C)C)N(C)C)c1. The predicted molar refractivity (Wildman–Crippen MR) is 68.6 cm³/mol. The Morgan fingerprint density at radius 2 is 2.00 bits per heavy atom. The number of methoxy groups -OCH3 is 1. The van der Waals surface area contributed by atoms with E-state index in [4.69, 9.17) is 4.74 Å². The van der Waals surface area contributed by atoms with Gasteiger partial charge < -0.3 is 9.64 Å². The van der Waals surface area contributed by atoms with Gasteiger partial charge in [-0.05, 0) is 12.1 Å². The third kappa shape index (κ3) is 3.26. The van der Waals surface area contributed by atoms with Gasteiger partial charge in [-0.3, -0.25) is 0 Å². The second-order valence-electron chi connectivity index (χ2n) is 4.22. The van der Waals surface area contributed by atoms with Crippen LogP contribution in [0.3, 0.4) is 0 Å². The summed E-state index contributed by atoms with van der Waals surface area (Å²) in [5.41, 5.74) is 0.928. The number of aliphatic imine (C=N–C) groups is 1. The summed E-state index contributed by atoms with van der Waals surface area (Å²) >= 11 is 0. The molecule has 0 N–H and O–H groups in total. The molecule has 0 saturated heterocycles. The first-order chi connectivity index (χ1) is 7.54. The number of hydrogen-bond acceptors (Lipinski definition) is 2. The lowest BCUT2D eigenvalue weighted by atomic mass is 10.2. The molecule has 0 aliphatic carbocycles. The molecule has 0 aliphatic rings. The average Bonchev–Trinajstić information content (AvgIpc) is 2.25. The highest BCUT2D eigenvalue weighted by atomic mass is 16.5. The van der Waals surface area contributed by atoms with E-state index < -0.39 is 0 Å². The first-order valence-electron chi connectivity index (χ1n) is 5.44. The molecule has 3 nitrogen and oxygen atoms in total. The fraction of sp³-hybridized carbons (Fsp3) is 0.462. The maximum Gasteiger partial charge on any atom is 0.121 e. The largest absolute Gasteiger partial charge is 0.497 e. The molecule has 0 spiro atoms. The molecule has 0 bridgehead atoms. The summed E-state index contributed by atoms with van der Waals surface area (Å²) in [4.78, 5) is 6.67. The van der Waals surface area contributed by atoms with Crippen molar-refractivity contribution in [3.63, 3.8) is 0 Å². The van der Waals surface area contributed by atoms with E-state index in [0.717, 1.165) is 17.3 Å². The van der Waals surface area contributed by atoms with Gasteiger partial charge in [0.25, 0.3) is 0 Å². The molecule has 3 heteroatoms. The molecule has 1 aromatic rings. The third-order valence-electron chi connectivity index (χ3n) is 2.27. The highest BCUT2D eigenvalue weighted by Crippen LogP contribution is 2.20. The van der Waals surface area contributed by atoms with Crippen LogP contribution in [0.5, 0.6) is 5.75 Å². The molecule has 0 heterocycles. The molecule has 1 aromatic carbocycles. The zero-order valence-electron chi connectivity index (χ0n) is 10.7. The van der Waals surface area contributed by atoms with E-state index in [0.29, 0.717) is 5.92 Å². The molecule has 0 saturated carbocycles. The van der Waals surface area contributed by atoms with Gasteiger partial charge in [0.05, 0.1) is 12.8 Å². The van der Waals surface area contributed by atoms with Gasteiger partial charge >= 0.3 is 0 Å². The minimum atomic E-state index is 0.404. The number of benzene rings is 1. The van der Waals surface area contributed by atoms with Crippen LogP contribution in [-0.4, -0.2) is 31.9 Å². The van der Waals surface area contributed by atoms with Crippen LogP contribution in [0.1, 0.15) is 13.8 Å². The molecular formula is C13H20N2O. The molecule has 1 rings (SSSR count). The topological polar surface area (TPSA) is 24.8 Å². The van der Waals surface area contributed by atoms with Gasteiger partial charge in [0.15, 0.2) is 0 Å². The van der Waals surface area contributed by atoms with E-state index >= 15 is 0 Å². The Morgan fingerprint density at radius 1 is 1.31 bits per heavy atom. The fourth-order valence-electron chi connectivity index (χ4n) is 1.56. The first-order valence-corrected chi connectivity index (χ1v) is 5.44. The highest BCUT2D eigenvalue weighted by molar-refractivity contribution is 5.86. The van der Waals surface area contributed by atoms with E-state index in [1.165, 1.54) is 0 Å². The Labute approximate surface area is 97.8 Å². The van der Waals surface area contributed by atoms with Crippen LogP contribution in [0.4, 0.5) is 5.69 Å². The average molecular weight is 220 g/mol. The highest BCUT2D eigenvalue weighted by Gasteiger charge is 2.07. The zero-order chi connectivity index (χ0) is 12.1. The van der Waals surface area contributed by atoms with Gasteiger partial charge in [-0.2, -0.15) is 0 Å². The Hall–Kier alpha value is -1.51. The molecule has 0 amide bonds. The summed E-state index contributed by atoms with van der Waals surface area (Å²) in [6.07, 6.45) is 0. The summed E-state index contributed by atoms with van der Waals surface area (Å²) in [6.45, 7) is 4.28. The summed E-state index contributed by atoms with van der Waals surface area (Å²) in [7, 11) is 5.69. The minimum Gasteiger partial charge on any atom is -0.497 e. The molecule has 88 valence electrons. The van der Waals surface area contributed by atoms with Crippen LogP contribution in [0, 0.1) is 5.92 Å². The number of ether oxygens (including phenoxy) is 1. The Bertz CT molecular complexity index is 360. The summed E-state index contributed by atoms with van der Waals surface area (Å²) in [5.74, 6) is 2.30. The van der Waals surface area contributed by atoms with Crippen LogP contribution in [-0.2, 0) is 0 Å². The molecule has 0 atom stereocenters. The van der Waals surface area contributed by atoms with Crippen LogP contribution in [0.2, 0.25) is 0 Å². The predicted octanol–water partition coefficient (Wildman–Crippen LogP) is 2.94. The monoisotopic (exact) mass is 220 g/mol. The lowest BCUT2D eigenvalue weighted by molar-refractivity contribution is 0.415. The standard InChI is InChI=1S/C13H20N2O/c1-10(2)13(15(3)4)14-11-7-6-8-12(9-11)16-5/h6-10H,1-5H3. The van der Waals surface area contributed by atoms with Gasteiger partial charge in [-0.25, -0.2) is 4.99 Å². The number of rotatable bonds is 3. The second kappa shape index (κ2) is 5.54. The molecule has 0 fully saturated rings. The van der Waals surface area contributed by atoms with Gasteiger partial charge in [-0.1, -0.05) is 19.9 Å². The number of nitrogens with zero attached hydrogens (tertiary/aromatic N) is 2. The molecule has 16 heavy (non-hydrogen) atoms. The second-order valence-corrected chi connectivity index (χ2v) is 4.22. The molecular weight excluding hydrogens is 200 g/mol. The van der Waals surface area contributed by atoms with E-state index in [9.17, 15) is 0 Å².